The van der Waals surface area contributed by atoms with Crippen molar-refractivity contribution in [2.75, 3.05) is 11.9 Å². The van der Waals surface area contributed by atoms with E-state index in [-0.39, 0.29) is 0 Å². The summed E-state index contributed by atoms with van der Waals surface area (Å²) >= 11 is 1.67. The molecule has 0 bridgehead atoms. The second-order valence-corrected chi connectivity index (χ2v) is 5.56. The fourth-order valence-corrected chi connectivity index (χ4v) is 3.06. The maximum Gasteiger partial charge on any atom is 0.151 e. The minimum absolute atomic E-state index is 0.674. The van der Waals surface area contributed by atoms with E-state index in [0.717, 1.165) is 28.1 Å². The molecule has 0 spiro atoms. The molecule has 0 unspecified atom stereocenters. The van der Waals surface area contributed by atoms with Crippen molar-refractivity contribution in [2.45, 2.75) is 13.3 Å². The van der Waals surface area contributed by atoms with E-state index in [2.05, 4.69) is 51.9 Å². The zero-order valence-corrected chi connectivity index (χ0v) is 12.1. The molecule has 3 N–H and O–H groups in total. The van der Waals surface area contributed by atoms with Crippen molar-refractivity contribution in [3.05, 3.63) is 47.1 Å². The molecular formula is C15H16N4S. The fourth-order valence-electron chi connectivity index (χ4n) is 2.12. The SMILES string of the molecule is Cc1csc2c(Nc3ccc(CCN)cc3)ncnc12. The fraction of sp³-hybridized carbons (Fsp3) is 0.200. The molecule has 4 nitrogen and oxygen atoms in total. The molecule has 0 radical (unpaired) electrons. The molecule has 0 saturated heterocycles. The van der Waals surface area contributed by atoms with Gasteiger partial charge in [0.05, 0.1) is 10.2 Å². The molecule has 0 atom stereocenters. The zero-order chi connectivity index (χ0) is 13.9. The number of anilines is 2. The molecule has 2 aromatic heterocycles. The first-order valence-corrected chi connectivity index (χ1v) is 7.40. The lowest BCUT2D eigenvalue weighted by molar-refractivity contribution is 0.969. The third-order valence-electron chi connectivity index (χ3n) is 3.18. The first-order valence-electron chi connectivity index (χ1n) is 6.53. The molecule has 0 aliphatic heterocycles. The molecule has 3 aromatic rings. The van der Waals surface area contributed by atoms with Crippen molar-refractivity contribution in [3.8, 4) is 0 Å². The summed E-state index contributed by atoms with van der Waals surface area (Å²) in [4.78, 5) is 8.67. The Balaban J connectivity index is 1.89. The van der Waals surface area contributed by atoms with Gasteiger partial charge < -0.3 is 11.1 Å². The number of fused-ring (bicyclic) bond motifs is 1. The van der Waals surface area contributed by atoms with Crippen LogP contribution in [0, 0.1) is 6.92 Å². The average molecular weight is 284 g/mol. The maximum absolute atomic E-state index is 5.56. The van der Waals surface area contributed by atoms with Crippen LogP contribution in [0.5, 0.6) is 0 Å². The van der Waals surface area contributed by atoms with Crippen molar-refractivity contribution in [3.63, 3.8) is 0 Å². The Morgan fingerprint density at radius 3 is 2.75 bits per heavy atom. The first kappa shape index (κ1) is 13.0. The minimum Gasteiger partial charge on any atom is -0.339 e. The highest BCUT2D eigenvalue weighted by molar-refractivity contribution is 7.18. The van der Waals surface area contributed by atoms with E-state index < -0.39 is 0 Å². The summed E-state index contributed by atoms with van der Waals surface area (Å²) in [6.07, 6.45) is 2.51. The van der Waals surface area contributed by atoms with E-state index >= 15 is 0 Å². The van der Waals surface area contributed by atoms with Gasteiger partial charge in [-0.3, -0.25) is 0 Å². The Morgan fingerprint density at radius 2 is 2.00 bits per heavy atom. The van der Waals surface area contributed by atoms with Crippen LogP contribution in [0.25, 0.3) is 10.2 Å². The average Bonchev–Trinajstić information content (AvgIpc) is 2.84. The van der Waals surface area contributed by atoms with Gasteiger partial charge in [0.15, 0.2) is 5.82 Å². The molecule has 0 aliphatic rings. The number of hydrogen-bond donors (Lipinski definition) is 2. The van der Waals surface area contributed by atoms with Gasteiger partial charge in [0.1, 0.15) is 6.33 Å². The van der Waals surface area contributed by atoms with E-state index in [0.29, 0.717) is 6.54 Å². The Labute approximate surface area is 121 Å². The summed E-state index contributed by atoms with van der Waals surface area (Å²) in [5, 5.41) is 5.46. The number of aromatic nitrogens is 2. The zero-order valence-electron chi connectivity index (χ0n) is 11.3. The van der Waals surface area contributed by atoms with E-state index in [9.17, 15) is 0 Å². The van der Waals surface area contributed by atoms with Crippen LogP contribution in [0.1, 0.15) is 11.1 Å². The summed E-state index contributed by atoms with van der Waals surface area (Å²) in [6, 6.07) is 8.29. The number of nitrogens with one attached hydrogen (secondary N) is 1. The van der Waals surface area contributed by atoms with Crippen LogP contribution in [0.3, 0.4) is 0 Å². The standard InChI is InChI=1S/C15H16N4S/c1-10-8-20-14-13(10)17-9-18-15(14)19-12-4-2-11(3-5-12)6-7-16/h2-5,8-9H,6-7,16H2,1H3,(H,17,18,19). The van der Waals surface area contributed by atoms with Crippen molar-refractivity contribution < 1.29 is 0 Å². The third-order valence-corrected chi connectivity index (χ3v) is 4.27. The normalized spacial score (nSPS) is 10.9. The van der Waals surface area contributed by atoms with Crippen LogP contribution < -0.4 is 11.1 Å². The Hall–Kier alpha value is -1.98. The molecule has 0 fully saturated rings. The lowest BCUT2D eigenvalue weighted by Gasteiger charge is -2.07. The molecule has 1 aromatic carbocycles. The van der Waals surface area contributed by atoms with Gasteiger partial charge in [-0.25, -0.2) is 9.97 Å². The van der Waals surface area contributed by atoms with Crippen molar-refractivity contribution in [1.82, 2.24) is 9.97 Å². The van der Waals surface area contributed by atoms with Crippen molar-refractivity contribution >= 4 is 33.1 Å². The molecule has 5 heteroatoms. The van der Waals surface area contributed by atoms with Gasteiger partial charge in [0.2, 0.25) is 0 Å². The van der Waals surface area contributed by atoms with Gasteiger partial charge in [-0.1, -0.05) is 12.1 Å². The molecule has 102 valence electrons. The van der Waals surface area contributed by atoms with Crippen molar-refractivity contribution in [2.24, 2.45) is 5.73 Å². The van der Waals surface area contributed by atoms with E-state index in [4.69, 9.17) is 5.73 Å². The molecule has 20 heavy (non-hydrogen) atoms. The lowest BCUT2D eigenvalue weighted by Crippen LogP contribution is -2.02. The number of benzene rings is 1. The predicted molar refractivity (Wildman–Crippen MR) is 84.6 cm³/mol. The van der Waals surface area contributed by atoms with Crippen LogP contribution >= 0.6 is 11.3 Å². The predicted octanol–water partition coefficient (Wildman–Crippen LogP) is 3.24. The van der Waals surface area contributed by atoms with E-state index in [1.54, 1.807) is 17.7 Å². The topological polar surface area (TPSA) is 63.8 Å². The lowest BCUT2D eigenvalue weighted by atomic mass is 10.1. The van der Waals surface area contributed by atoms with Gasteiger partial charge in [-0.05, 0) is 48.5 Å². The molecular weight excluding hydrogens is 268 g/mol. The van der Waals surface area contributed by atoms with Crippen LogP contribution in [0.4, 0.5) is 11.5 Å². The third kappa shape index (κ3) is 2.50. The first-order chi connectivity index (χ1) is 9.78. The second-order valence-electron chi connectivity index (χ2n) is 4.68. The smallest absolute Gasteiger partial charge is 0.151 e. The van der Waals surface area contributed by atoms with Gasteiger partial charge >= 0.3 is 0 Å². The summed E-state index contributed by atoms with van der Waals surface area (Å²) in [6.45, 7) is 2.74. The monoisotopic (exact) mass is 284 g/mol. The molecule has 0 aliphatic carbocycles. The number of nitrogens with zero attached hydrogens (tertiary/aromatic N) is 2. The molecule has 0 saturated carbocycles. The Bertz CT molecular complexity index is 718. The maximum atomic E-state index is 5.56. The number of rotatable bonds is 4. The second kappa shape index (κ2) is 5.56. The van der Waals surface area contributed by atoms with Gasteiger partial charge in [-0.15, -0.1) is 11.3 Å². The van der Waals surface area contributed by atoms with Gasteiger partial charge in [-0.2, -0.15) is 0 Å². The van der Waals surface area contributed by atoms with Crippen LogP contribution in [-0.2, 0) is 6.42 Å². The van der Waals surface area contributed by atoms with E-state index in [1.807, 2.05) is 0 Å². The molecule has 0 amide bonds. The van der Waals surface area contributed by atoms with Crippen LogP contribution in [-0.4, -0.2) is 16.5 Å². The highest BCUT2D eigenvalue weighted by Crippen LogP contribution is 2.30. The Kier molecular flexibility index (Phi) is 3.62. The number of thiophene rings is 1. The quantitative estimate of drug-likeness (QED) is 0.772. The van der Waals surface area contributed by atoms with E-state index in [1.165, 1.54) is 11.1 Å². The largest absolute Gasteiger partial charge is 0.339 e. The highest BCUT2D eigenvalue weighted by atomic mass is 32.1. The Morgan fingerprint density at radius 1 is 1.20 bits per heavy atom. The van der Waals surface area contributed by atoms with Crippen molar-refractivity contribution in [1.29, 1.82) is 0 Å². The summed E-state index contributed by atoms with van der Waals surface area (Å²) in [7, 11) is 0. The summed E-state index contributed by atoms with van der Waals surface area (Å²) < 4.78 is 1.09. The number of nitrogens with two attached hydrogens (primary N) is 1. The molecule has 3 rings (SSSR count). The summed E-state index contributed by atoms with van der Waals surface area (Å²) in [5.41, 5.74) is 10.0. The van der Waals surface area contributed by atoms with Crippen LogP contribution in [0.2, 0.25) is 0 Å². The van der Waals surface area contributed by atoms with Crippen LogP contribution in [0.15, 0.2) is 36.0 Å². The highest BCUT2D eigenvalue weighted by Gasteiger charge is 2.08. The number of aryl methyl sites for hydroxylation is 1. The minimum atomic E-state index is 0.674. The van der Waals surface area contributed by atoms with Gasteiger partial charge in [0.25, 0.3) is 0 Å². The van der Waals surface area contributed by atoms with Gasteiger partial charge in [0, 0.05) is 5.69 Å². The molecule has 2 heterocycles. The summed E-state index contributed by atoms with van der Waals surface area (Å²) in [5.74, 6) is 0.861. The number of hydrogen-bond acceptors (Lipinski definition) is 5.